The summed E-state index contributed by atoms with van der Waals surface area (Å²) in [5.41, 5.74) is 0.804. The molecule has 20 heavy (non-hydrogen) atoms. The Bertz CT molecular complexity index is 480. The van der Waals surface area contributed by atoms with Gasteiger partial charge in [-0.25, -0.2) is 0 Å². The smallest absolute Gasteiger partial charge is 0.312 e. The van der Waals surface area contributed by atoms with E-state index in [1.807, 2.05) is 6.07 Å². The summed E-state index contributed by atoms with van der Waals surface area (Å²) in [6, 6.07) is 5.44. The predicted molar refractivity (Wildman–Crippen MR) is 79.2 cm³/mol. The fraction of sp³-hybridized carbons (Fsp3) is 0.600. The second kappa shape index (κ2) is 6.11. The summed E-state index contributed by atoms with van der Waals surface area (Å²) in [5.74, 6) is 1.69. The van der Waals surface area contributed by atoms with Crippen molar-refractivity contribution >= 4 is 11.4 Å². The molecule has 0 spiro atoms. The maximum atomic E-state index is 11.0. The number of anilines is 1. The zero-order valence-corrected chi connectivity index (χ0v) is 12.3. The Balaban J connectivity index is 2.13. The van der Waals surface area contributed by atoms with Crippen LogP contribution < -0.4 is 10.1 Å². The number of ether oxygens (including phenoxy) is 1. The first-order valence-corrected chi connectivity index (χ1v) is 7.08. The van der Waals surface area contributed by atoms with Crippen LogP contribution in [0.15, 0.2) is 18.2 Å². The van der Waals surface area contributed by atoms with E-state index >= 15 is 0 Å². The van der Waals surface area contributed by atoms with Crippen molar-refractivity contribution in [1.29, 1.82) is 0 Å². The van der Waals surface area contributed by atoms with Crippen molar-refractivity contribution in [2.75, 3.05) is 12.4 Å². The van der Waals surface area contributed by atoms with E-state index in [0.717, 1.165) is 18.5 Å². The molecule has 0 amide bonds. The fourth-order valence-electron chi connectivity index (χ4n) is 3.22. The minimum Gasteiger partial charge on any atom is -0.490 e. The predicted octanol–water partition coefficient (Wildman–Crippen LogP) is 3.84. The maximum Gasteiger partial charge on any atom is 0.312 e. The van der Waals surface area contributed by atoms with Gasteiger partial charge >= 0.3 is 5.69 Å². The number of hydrogen-bond donors (Lipinski definition) is 1. The number of benzene rings is 1. The van der Waals surface area contributed by atoms with Crippen LogP contribution >= 0.6 is 0 Å². The van der Waals surface area contributed by atoms with E-state index in [4.69, 9.17) is 4.74 Å². The van der Waals surface area contributed by atoms with E-state index in [9.17, 15) is 10.1 Å². The molecule has 2 rings (SSSR count). The third-order valence-electron chi connectivity index (χ3n) is 3.92. The topological polar surface area (TPSA) is 64.4 Å². The standard InChI is InChI=1S/C15H22N2O3/c1-10-6-11(2)8-13(7-10)16-12-4-5-15(20-3)14(9-12)17(18)19/h4-5,9-11,13,16H,6-8H2,1-3H3. The van der Waals surface area contributed by atoms with Crippen LogP contribution in [0.25, 0.3) is 0 Å². The molecular weight excluding hydrogens is 256 g/mol. The number of nitrogens with zero attached hydrogens (tertiary/aromatic N) is 1. The Kier molecular flexibility index (Phi) is 4.47. The molecule has 1 aromatic rings. The van der Waals surface area contributed by atoms with Crippen molar-refractivity contribution in [3.8, 4) is 5.75 Å². The highest BCUT2D eigenvalue weighted by atomic mass is 16.6. The van der Waals surface area contributed by atoms with Gasteiger partial charge < -0.3 is 10.1 Å². The molecule has 1 aromatic carbocycles. The first-order valence-electron chi connectivity index (χ1n) is 7.08. The summed E-state index contributed by atoms with van der Waals surface area (Å²) in [5, 5.41) is 14.5. The van der Waals surface area contributed by atoms with Gasteiger partial charge in [0.05, 0.1) is 12.0 Å². The molecule has 5 nitrogen and oxygen atoms in total. The minimum absolute atomic E-state index is 0.00871. The van der Waals surface area contributed by atoms with Crippen LogP contribution in [0.5, 0.6) is 5.75 Å². The van der Waals surface area contributed by atoms with Gasteiger partial charge in [0.25, 0.3) is 0 Å². The molecule has 1 aliphatic rings. The van der Waals surface area contributed by atoms with Crippen molar-refractivity contribution < 1.29 is 9.66 Å². The molecule has 110 valence electrons. The van der Waals surface area contributed by atoms with E-state index in [1.54, 1.807) is 12.1 Å². The molecule has 0 radical (unpaired) electrons. The summed E-state index contributed by atoms with van der Waals surface area (Å²) in [6.45, 7) is 4.53. The van der Waals surface area contributed by atoms with Crippen LogP contribution in [0.2, 0.25) is 0 Å². The molecule has 0 bridgehead atoms. The van der Waals surface area contributed by atoms with Crippen molar-refractivity contribution in [2.45, 2.75) is 39.2 Å². The van der Waals surface area contributed by atoms with Crippen LogP contribution in [-0.2, 0) is 0 Å². The molecule has 0 saturated heterocycles. The number of nitro benzene ring substituents is 1. The van der Waals surface area contributed by atoms with Crippen molar-refractivity contribution in [1.82, 2.24) is 0 Å². The molecule has 5 heteroatoms. The van der Waals surface area contributed by atoms with Crippen LogP contribution in [0.1, 0.15) is 33.1 Å². The SMILES string of the molecule is COc1ccc(NC2CC(C)CC(C)C2)cc1[N+](=O)[O-]. The molecule has 2 atom stereocenters. The minimum atomic E-state index is -0.407. The van der Waals surface area contributed by atoms with Crippen molar-refractivity contribution in [3.05, 3.63) is 28.3 Å². The first kappa shape index (κ1) is 14.6. The zero-order chi connectivity index (χ0) is 14.7. The third kappa shape index (κ3) is 3.40. The summed E-state index contributed by atoms with van der Waals surface area (Å²) in [6.07, 6.45) is 3.50. The van der Waals surface area contributed by atoms with Gasteiger partial charge in [0.1, 0.15) is 0 Å². The number of nitro groups is 1. The van der Waals surface area contributed by atoms with Gasteiger partial charge in [-0.1, -0.05) is 13.8 Å². The average molecular weight is 278 g/mol. The number of methoxy groups -OCH3 is 1. The highest BCUT2D eigenvalue weighted by Gasteiger charge is 2.24. The Morgan fingerprint density at radius 1 is 1.25 bits per heavy atom. The lowest BCUT2D eigenvalue weighted by molar-refractivity contribution is -0.385. The molecule has 1 fully saturated rings. The second-order valence-corrected chi connectivity index (χ2v) is 5.90. The Labute approximate surface area is 119 Å². The Hall–Kier alpha value is -1.78. The fourth-order valence-corrected chi connectivity index (χ4v) is 3.22. The maximum absolute atomic E-state index is 11.0. The molecule has 0 aromatic heterocycles. The normalized spacial score (nSPS) is 26.1. The number of hydrogen-bond acceptors (Lipinski definition) is 4. The van der Waals surface area contributed by atoms with Crippen molar-refractivity contribution in [2.24, 2.45) is 11.8 Å². The van der Waals surface area contributed by atoms with Crippen molar-refractivity contribution in [3.63, 3.8) is 0 Å². The number of rotatable bonds is 4. The van der Waals surface area contributed by atoms with E-state index in [-0.39, 0.29) is 5.69 Å². The zero-order valence-electron chi connectivity index (χ0n) is 12.3. The van der Waals surface area contributed by atoms with E-state index in [2.05, 4.69) is 19.2 Å². The largest absolute Gasteiger partial charge is 0.490 e. The lowest BCUT2D eigenvalue weighted by atomic mass is 9.80. The van der Waals surface area contributed by atoms with Gasteiger partial charge in [0.15, 0.2) is 5.75 Å². The number of nitrogens with one attached hydrogen (secondary N) is 1. The Morgan fingerprint density at radius 3 is 2.45 bits per heavy atom. The van der Waals surface area contributed by atoms with Gasteiger partial charge in [0, 0.05) is 17.8 Å². The third-order valence-corrected chi connectivity index (χ3v) is 3.92. The molecule has 0 aliphatic heterocycles. The summed E-state index contributed by atoms with van der Waals surface area (Å²) in [7, 11) is 1.44. The molecular formula is C15H22N2O3. The lowest BCUT2D eigenvalue weighted by Crippen LogP contribution is -2.30. The van der Waals surface area contributed by atoms with Gasteiger partial charge in [-0.3, -0.25) is 10.1 Å². The second-order valence-electron chi connectivity index (χ2n) is 5.90. The summed E-state index contributed by atoms with van der Waals surface area (Å²) < 4.78 is 5.02. The summed E-state index contributed by atoms with van der Waals surface area (Å²) >= 11 is 0. The highest BCUT2D eigenvalue weighted by Crippen LogP contribution is 2.33. The lowest BCUT2D eigenvalue weighted by Gasteiger charge is -2.32. The molecule has 1 saturated carbocycles. The van der Waals surface area contributed by atoms with E-state index in [1.165, 1.54) is 13.5 Å². The molecule has 2 unspecified atom stereocenters. The monoisotopic (exact) mass is 278 g/mol. The van der Waals surface area contributed by atoms with Crippen LogP contribution in [0.4, 0.5) is 11.4 Å². The molecule has 1 aliphatic carbocycles. The van der Waals surface area contributed by atoms with Crippen LogP contribution in [-0.4, -0.2) is 18.1 Å². The summed E-state index contributed by atoms with van der Waals surface area (Å²) in [4.78, 5) is 10.6. The highest BCUT2D eigenvalue weighted by molar-refractivity contribution is 5.58. The van der Waals surface area contributed by atoms with Gasteiger partial charge in [-0.05, 0) is 43.2 Å². The van der Waals surface area contributed by atoms with E-state index in [0.29, 0.717) is 23.6 Å². The molecule has 1 N–H and O–H groups in total. The van der Waals surface area contributed by atoms with E-state index < -0.39 is 4.92 Å². The average Bonchev–Trinajstić information content (AvgIpc) is 2.37. The van der Waals surface area contributed by atoms with Gasteiger partial charge in [0.2, 0.25) is 0 Å². The van der Waals surface area contributed by atoms with Gasteiger partial charge in [-0.2, -0.15) is 0 Å². The first-order chi connectivity index (χ1) is 9.49. The van der Waals surface area contributed by atoms with Crippen LogP contribution in [0.3, 0.4) is 0 Å². The Morgan fingerprint density at radius 2 is 1.90 bits per heavy atom. The quantitative estimate of drug-likeness (QED) is 0.671. The molecule has 0 heterocycles. The van der Waals surface area contributed by atoms with Crippen LogP contribution in [0, 0.1) is 22.0 Å². The van der Waals surface area contributed by atoms with Gasteiger partial charge in [-0.15, -0.1) is 0 Å².